The maximum atomic E-state index is 13.2. The topological polar surface area (TPSA) is 101 Å². The van der Waals surface area contributed by atoms with Gasteiger partial charge in [0.15, 0.2) is 0 Å². The van der Waals surface area contributed by atoms with E-state index in [1.807, 2.05) is 12.1 Å². The normalized spacial score (nSPS) is 19.5. The Balaban J connectivity index is 1.30. The second kappa shape index (κ2) is 16.0. The van der Waals surface area contributed by atoms with Gasteiger partial charge >= 0.3 is 5.97 Å². The molecule has 2 aromatic rings. The Morgan fingerprint density at radius 3 is 2.49 bits per heavy atom. The average molecular weight is 627 g/mol. The maximum Gasteiger partial charge on any atom is 0.328 e. The molecule has 3 atom stereocenters. The monoisotopic (exact) mass is 625 g/mol. The first kappa shape index (κ1) is 31.9. The number of hydrogen-bond donors (Lipinski definition) is 2. The van der Waals surface area contributed by atoms with Gasteiger partial charge in [0, 0.05) is 34.3 Å². The van der Waals surface area contributed by atoms with Crippen LogP contribution in [0.4, 0.5) is 0 Å². The van der Waals surface area contributed by atoms with E-state index < -0.39 is 24.5 Å². The molecule has 2 saturated heterocycles. The lowest BCUT2D eigenvalue weighted by Gasteiger charge is -2.30. The molecule has 0 spiro atoms. The summed E-state index contributed by atoms with van der Waals surface area (Å²) in [4.78, 5) is 29.8. The molecule has 9 nitrogen and oxygen atoms in total. The van der Waals surface area contributed by atoms with Crippen LogP contribution in [0.1, 0.15) is 30.4 Å². The minimum atomic E-state index is -1.20. The van der Waals surface area contributed by atoms with Crippen molar-refractivity contribution in [1.82, 2.24) is 15.1 Å². The Bertz CT molecular complexity index is 1130. The number of aliphatic hydroxyl groups excluding tert-OH is 1. The lowest BCUT2D eigenvalue weighted by Crippen LogP contribution is -2.54. The molecule has 2 aliphatic rings. The van der Waals surface area contributed by atoms with E-state index in [-0.39, 0.29) is 18.9 Å². The van der Waals surface area contributed by atoms with Gasteiger partial charge in [-0.2, -0.15) is 0 Å². The van der Waals surface area contributed by atoms with Crippen LogP contribution in [0.2, 0.25) is 10.0 Å². The molecule has 2 N–H and O–H groups in total. The zero-order chi connectivity index (χ0) is 29.2. The predicted molar refractivity (Wildman–Crippen MR) is 160 cm³/mol. The predicted octanol–water partition coefficient (Wildman–Crippen LogP) is 3.93. The standard InChI is InChI=1S/C29H37Cl2N3O6S/c1-38-28(36)25(16-20-8-10-21(11-9-20)40-17-22-23(30)6-5-7-24(22)31)32-27(35)26-18-41-19-34(26)29(37)39-15-14-33-12-3-2-4-13-33/h5-11,25-26,29,37H,2-4,12-19H2,1H3,(H,32,35)/t25?,26-,29?/m1/s1. The number of carbonyl (C=O) groups excluding carboxylic acids is 2. The zero-order valence-electron chi connectivity index (χ0n) is 23.1. The fourth-order valence-electron chi connectivity index (χ4n) is 4.85. The SMILES string of the molecule is COC(=O)C(Cc1ccc(OCc2c(Cl)cccc2Cl)cc1)NC(=O)[C@H]1CSCN1C(O)OCCN1CCCCC1. The van der Waals surface area contributed by atoms with E-state index in [0.717, 1.165) is 25.2 Å². The Morgan fingerprint density at radius 1 is 1.10 bits per heavy atom. The summed E-state index contributed by atoms with van der Waals surface area (Å²) in [5.74, 6) is 0.625. The minimum Gasteiger partial charge on any atom is -0.489 e. The summed E-state index contributed by atoms with van der Waals surface area (Å²) >= 11 is 14.0. The molecule has 12 heteroatoms. The number of ether oxygens (including phenoxy) is 3. The molecule has 2 aliphatic heterocycles. The van der Waals surface area contributed by atoms with Crippen molar-refractivity contribution in [2.45, 2.75) is 50.8 Å². The number of halogens is 2. The van der Waals surface area contributed by atoms with Crippen molar-refractivity contribution in [2.75, 3.05) is 45.0 Å². The van der Waals surface area contributed by atoms with Crippen molar-refractivity contribution in [3.8, 4) is 5.75 Å². The van der Waals surface area contributed by atoms with Crippen LogP contribution >= 0.6 is 35.0 Å². The molecule has 0 bridgehead atoms. The number of likely N-dealkylation sites (tertiary alicyclic amines) is 1. The summed E-state index contributed by atoms with van der Waals surface area (Å²) in [6.07, 6.45) is 2.66. The average Bonchev–Trinajstić information content (AvgIpc) is 3.48. The van der Waals surface area contributed by atoms with Crippen LogP contribution in [0.25, 0.3) is 0 Å². The van der Waals surface area contributed by atoms with Crippen LogP contribution in [-0.4, -0.2) is 90.3 Å². The van der Waals surface area contributed by atoms with Crippen LogP contribution in [0.3, 0.4) is 0 Å². The van der Waals surface area contributed by atoms with Crippen molar-refractivity contribution in [3.63, 3.8) is 0 Å². The molecule has 41 heavy (non-hydrogen) atoms. The largest absolute Gasteiger partial charge is 0.489 e. The number of rotatable bonds is 13. The van der Waals surface area contributed by atoms with Crippen LogP contribution in [0, 0.1) is 0 Å². The third kappa shape index (κ3) is 9.22. The number of amides is 1. The third-order valence-corrected chi connectivity index (χ3v) is 8.98. The van der Waals surface area contributed by atoms with E-state index in [2.05, 4.69) is 10.2 Å². The molecule has 2 aromatic carbocycles. The molecule has 0 saturated carbocycles. The number of esters is 1. The lowest BCUT2D eigenvalue weighted by atomic mass is 10.1. The van der Waals surface area contributed by atoms with E-state index in [1.165, 1.54) is 38.1 Å². The molecule has 224 valence electrons. The highest BCUT2D eigenvalue weighted by Gasteiger charge is 2.37. The lowest BCUT2D eigenvalue weighted by molar-refractivity contribution is -0.198. The Labute approximate surface area is 255 Å². The number of methoxy groups -OCH3 is 1. The van der Waals surface area contributed by atoms with E-state index in [4.69, 9.17) is 37.4 Å². The first-order valence-corrected chi connectivity index (χ1v) is 15.6. The van der Waals surface area contributed by atoms with Crippen molar-refractivity contribution in [3.05, 3.63) is 63.6 Å². The van der Waals surface area contributed by atoms with E-state index in [1.54, 1.807) is 35.2 Å². The van der Waals surface area contributed by atoms with Gasteiger partial charge < -0.3 is 29.5 Å². The summed E-state index contributed by atoms with van der Waals surface area (Å²) in [6, 6.07) is 11.0. The smallest absolute Gasteiger partial charge is 0.328 e. The number of aliphatic hydroxyl groups is 1. The molecule has 0 radical (unpaired) electrons. The van der Waals surface area contributed by atoms with Crippen molar-refractivity contribution in [1.29, 1.82) is 0 Å². The quantitative estimate of drug-likeness (QED) is 0.253. The molecule has 1 amide bonds. The van der Waals surface area contributed by atoms with Gasteiger partial charge in [-0.05, 0) is 55.8 Å². The third-order valence-electron chi connectivity index (χ3n) is 7.24. The van der Waals surface area contributed by atoms with Gasteiger partial charge in [-0.25, -0.2) is 9.69 Å². The molecule has 0 aliphatic carbocycles. The van der Waals surface area contributed by atoms with Crippen molar-refractivity contribution in [2.24, 2.45) is 0 Å². The second-order valence-electron chi connectivity index (χ2n) is 10.1. The summed E-state index contributed by atoms with van der Waals surface area (Å²) < 4.78 is 16.5. The zero-order valence-corrected chi connectivity index (χ0v) is 25.4. The van der Waals surface area contributed by atoms with Crippen LogP contribution in [-0.2, 0) is 32.1 Å². The second-order valence-corrected chi connectivity index (χ2v) is 11.9. The van der Waals surface area contributed by atoms with Gasteiger partial charge in [0.2, 0.25) is 12.3 Å². The van der Waals surface area contributed by atoms with Crippen molar-refractivity contribution >= 4 is 46.8 Å². The van der Waals surface area contributed by atoms with Gasteiger partial charge in [0.25, 0.3) is 0 Å². The number of thioether (sulfide) groups is 1. The molecular weight excluding hydrogens is 589 g/mol. The summed E-state index contributed by atoms with van der Waals surface area (Å²) in [5, 5.41) is 14.5. The summed E-state index contributed by atoms with van der Waals surface area (Å²) in [6.45, 7) is 3.43. The van der Waals surface area contributed by atoms with E-state index in [0.29, 0.717) is 39.6 Å². The molecule has 2 heterocycles. The number of benzene rings is 2. The summed E-state index contributed by atoms with van der Waals surface area (Å²) in [5.41, 5.74) is 1.51. The van der Waals surface area contributed by atoms with Gasteiger partial charge in [-0.15, -0.1) is 11.8 Å². The molecule has 2 unspecified atom stereocenters. The van der Waals surface area contributed by atoms with E-state index >= 15 is 0 Å². The van der Waals surface area contributed by atoms with Gasteiger partial charge in [-0.3, -0.25) is 4.79 Å². The first-order valence-electron chi connectivity index (χ1n) is 13.7. The molecular formula is C29H37Cl2N3O6S. The van der Waals surface area contributed by atoms with Crippen LogP contribution < -0.4 is 10.1 Å². The van der Waals surface area contributed by atoms with Crippen LogP contribution in [0.15, 0.2) is 42.5 Å². The molecule has 4 rings (SSSR count). The number of piperidine rings is 1. The molecule has 0 aromatic heterocycles. The van der Waals surface area contributed by atoms with Crippen molar-refractivity contribution < 1.29 is 28.9 Å². The Hall–Kier alpha value is -2.05. The highest BCUT2D eigenvalue weighted by atomic mass is 35.5. The fraction of sp³-hybridized carbons (Fsp3) is 0.517. The Kier molecular flexibility index (Phi) is 12.4. The highest BCUT2D eigenvalue weighted by molar-refractivity contribution is 7.99. The highest BCUT2D eigenvalue weighted by Crippen LogP contribution is 2.26. The van der Waals surface area contributed by atoms with Gasteiger partial charge in [-0.1, -0.05) is 47.8 Å². The summed E-state index contributed by atoms with van der Waals surface area (Å²) in [7, 11) is 1.29. The van der Waals surface area contributed by atoms with E-state index in [9.17, 15) is 14.7 Å². The molecule has 2 fully saturated rings. The minimum absolute atomic E-state index is 0.211. The fourth-order valence-corrected chi connectivity index (χ4v) is 6.55. The maximum absolute atomic E-state index is 13.2. The number of carbonyl (C=O) groups is 2. The number of hydrogen-bond acceptors (Lipinski definition) is 9. The number of nitrogens with zero attached hydrogens (tertiary/aromatic N) is 2. The van der Waals surface area contributed by atoms with Gasteiger partial charge in [0.1, 0.15) is 24.4 Å². The van der Waals surface area contributed by atoms with Gasteiger partial charge in [0.05, 0.1) is 19.6 Å². The first-order chi connectivity index (χ1) is 19.9. The number of nitrogens with one attached hydrogen (secondary N) is 1. The van der Waals surface area contributed by atoms with Crippen LogP contribution in [0.5, 0.6) is 5.75 Å². The Morgan fingerprint density at radius 2 is 1.80 bits per heavy atom.